The van der Waals surface area contributed by atoms with E-state index in [0.29, 0.717) is 17.3 Å². The van der Waals surface area contributed by atoms with Gasteiger partial charge in [-0.25, -0.2) is 4.79 Å². The average molecular weight is 370 g/mol. The molecule has 7 heteroatoms. The Hall–Kier alpha value is -3.12. The van der Waals surface area contributed by atoms with Crippen LogP contribution in [0.15, 0.2) is 76.4 Å². The summed E-state index contributed by atoms with van der Waals surface area (Å²) in [5.74, 6) is -0.469. The van der Waals surface area contributed by atoms with Gasteiger partial charge in [0.2, 0.25) is 5.91 Å². The van der Waals surface area contributed by atoms with Crippen molar-refractivity contribution in [2.45, 2.75) is 13.1 Å². The van der Waals surface area contributed by atoms with E-state index in [1.165, 1.54) is 16.8 Å². The molecule has 0 aliphatic heterocycles. The van der Waals surface area contributed by atoms with Gasteiger partial charge in [-0.15, -0.1) is 0 Å². The van der Waals surface area contributed by atoms with Crippen LogP contribution in [0.4, 0.5) is 5.69 Å². The van der Waals surface area contributed by atoms with Gasteiger partial charge in [0.05, 0.1) is 6.54 Å². The number of halogens is 1. The van der Waals surface area contributed by atoms with Crippen LogP contribution in [0.5, 0.6) is 0 Å². The summed E-state index contributed by atoms with van der Waals surface area (Å²) in [6, 6.07) is 17.2. The fraction of sp³-hybridized carbons (Fsp3) is 0.105. The van der Waals surface area contributed by atoms with Crippen LogP contribution >= 0.6 is 11.6 Å². The van der Waals surface area contributed by atoms with Crippen LogP contribution in [0.25, 0.3) is 0 Å². The van der Waals surface area contributed by atoms with Crippen molar-refractivity contribution in [2.24, 2.45) is 0 Å². The lowest BCUT2D eigenvalue weighted by Crippen LogP contribution is -2.41. The van der Waals surface area contributed by atoms with Crippen molar-refractivity contribution in [3.8, 4) is 0 Å². The molecule has 0 spiro atoms. The quantitative estimate of drug-likeness (QED) is 0.750. The Labute approximate surface area is 154 Å². The van der Waals surface area contributed by atoms with E-state index >= 15 is 0 Å². The number of amides is 1. The van der Waals surface area contributed by atoms with Gasteiger partial charge in [-0.3, -0.25) is 18.7 Å². The molecule has 3 rings (SSSR count). The number of benzene rings is 2. The van der Waals surface area contributed by atoms with Crippen LogP contribution < -0.4 is 16.6 Å². The van der Waals surface area contributed by atoms with E-state index < -0.39 is 17.2 Å². The molecule has 2 aromatic carbocycles. The Kier molecular flexibility index (Phi) is 5.34. The maximum atomic E-state index is 12.6. The van der Waals surface area contributed by atoms with Gasteiger partial charge < -0.3 is 5.32 Å². The van der Waals surface area contributed by atoms with E-state index in [4.69, 9.17) is 11.6 Å². The van der Waals surface area contributed by atoms with E-state index in [0.717, 1.165) is 10.1 Å². The van der Waals surface area contributed by atoms with Gasteiger partial charge in [0, 0.05) is 23.0 Å². The first kappa shape index (κ1) is 17.7. The number of carbonyl (C=O) groups is 1. The second kappa shape index (κ2) is 7.84. The average Bonchev–Trinajstić information content (AvgIpc) is 2.64. The number of hydrogen-bond donors (Lipinski definition) is 1. The summed E-state index contributed by atoms with van der Waals surface area (Å²) in [6.07, 6.45) is 1.44. The van der Waals surface area contributed by atoms with Gasteiger partial charge >= 0.3 is 5.69 Å². The first-order valence-electron chi connectivity index (χ1n) is 7.92. The Bertz CT molecular complexity index is 1020. The van der Waals surface area contributed by atoms with Crippen molar-refractivity contribution in [3.05, 3.63) is 98.3 Å². The van der Waals surface area contributed by atoms with Gasteiger partial charge in [-0.05, 0) is 29.8 Å². The molecule has 0 aliphatic carbocycles. The Morgan fingerprint density at radius 3 is 2.35 bits per heavy atom. The third-order valence-corrected chi connectivity index (χ3v) is 4.02. The second-order valence-electron chi connectivity index (χ2n) is 5.69. The number of nitrogens with one attached hydrogen (secondary N) is 1. The maximum Gasteiger partial charge on any atom is 0.331 e. The lowest BCUT2D eigenvalue weighted by atomic mass is 10.2. The topological polar surface area (TPSA) is 73.1 Å². The predicted molar refractivity (Wildman–Crippen MR) is 101 cm³/mol. The van der Waals surface area contributed by atoms with Crippen LogP contribution in [-0.2, 0) is 17.9 Å². The Morgan fingerprint density at radius 2 is 1.65 bits per heavy atom. The smallest absolute Gasteiger partial charge is 0.325 e. The first-order valence-corrected chi connectivity index (χ1v) is 8.30. The lowest BCUT2D eigenvalue weighted by molar-refractivity contribution is -0.116. The molecule has 1 N–H and O–H groups in total. The van der Waals surface area contributed by atoms with Gasteiger partial charge in [-0.1, -0.05) is 41.9 Å². The van der Waals surface area contributed by atoms with Gasteiger partial charge in [0.15, 0.2) is 0 Å². The molecule has 1 aromatic heterocycles. The molecule has 0 aliphatic rings. The molecule has 6 nitrogen and oxygen atoms in total. The highest BCUT2D eigenvalue weighted by atomic mass is 35.5. The lowest BCUT2D eigenvalue weighted by Gasteiger charge is -2.10. The van der Waals surface area contributed by atoms with E-state index in [-0.39, 0.29) is 6.54 Å². The predicted octanol–water partition coefficient (Wildman–Crippen LogP) is 2.35. The minimum Gasteiger partial charge on any atom is -0.325 e. The van der Waals surface area contributed by atoms with Crippen molar-refractivity contribution < 1.29 is 4.79 Å². The summed E-state index contributed by atoms with van der Waals surface area (Å²) in [4.78, 5) is 36.8. The van der Waals surface area contributed by atoms with Crippen LogP contribution in [0.1, 0.15) is 5.56 Å². The van der Waals surface area contributed by atoms with Gasteiger partial charge in [0.1, 0.15) is 6.54 Å². The fourth-order valence-corrected chi connectivity index (χ4v) is 2.61. The standard InChI is InChI=1S/C19H16ClN3O3/c20-15-6-8-16(9-7-15)21-17(24)13-23-18(25)10-11-22(19(23)26)12-14-4-2-1-3-5-14/h1-11H,12-13H2,(H,21,24). The Balaban J connectivity index is 1.79. The molecule has 0 fully saturated rings. The second-order valence-corrected chi connectivity index (χ2v) is 6.13. The molecule has 0 saturated heterocycles. The summed E-state index contributed by atoms with van der Waals surface area (Å²) in [6.45, 7) is -0.0469. The third-order valence-electron chi connectivity index (χ3n) is 3.77. The van der Waals surface area contributed by atoms with Crippen LogP contribution in [0, 0.1) is 0 Å². The molecule has 0 unspecified atom stereocenters. The molecule has 0 bridgehead atoms. The number of rotatable bonds is 5. The number of nitrogens with zero attached hydrogens (tertiary/aromatic N) is 2. The van der Waals surface area contributed by atoms with E-state index in [2.05, 4.69) is 5.32 Å². The molecule has 26 heavy (non-hydrogen) atoms. The Morgan fingerprint density at radius 1 is 0.962 bits per heavy atom. The zero-order valence-electron chi connectivity index (χ0n) is 13.8. The molecule has 0 radical (unpaired) electrons. The highest BCUT2D eigenvalue weighted by Crippen LogP contribution is 2.13. The molecule has 132 valence electrons. The summed E-state index contributed by atoms with van der Waals surface area (Å²) in [7, 11) is 0. The van der Waals surface area contributed by atoms with Crippen molar-refractivity contribution in [1.82, 2.24) is 9.13 Å². The van der Waals surface area contributed by atoms with Crippen LogP contribution in [-0.4, -0.2) is 15.0 Å². The van der Waals surface area contributed by atoms with Crippen molar-refractivity contribution in [2.75, 3.05) is 5.32 Å². The zero-order chi connectivity index (χ0) is 18.5. The number of anilines is 1. The number of aromatic nitrogens is 2. The van der Waals surface area contributed by atoms with Crippen molar-refractivity contribution in [3.63, 3.8) is 0 Å². The molecule has 1 heterocycles. The third kappa shape index (κ3) is 4.29. The van der Waals surface area contributed by atoms with Crippen molar-refractivity contribution >= 4 is 23.2 Å². The van der Waals surface area contributed by atoms with Gasteiger partial charge in [-0.2, -0.15) is 0 Å². The normalized spacial score (nSPS) is 10.5. The number of carbonyl (C=O) groups excluding carboxylic acids is 1. The molecule has 3 aromatic rings. The minimum absolute atomic E-state index is 0.318. The zero-order valence-corrected chi connectivity index (χ0v) is 14.5. The number of hydrogen-bond acceptors (Lipinski definition) is 3. The van der Waals surface area contributed by atoms with Gasteiger partial charge in [0.25, 0.3) is 5.56 Å². The molecule has 0 saturated carbocycles. The molecular weight excluding hydrogens is 354 g/mol. The SMILES string of the molecule is O=C(Cn1c(=O)ccn(Cc2ccccc2)c1=O)Nc1ccc(Cl)cc1. The van der Waals surface area contributed by atoms with Crippen LogP contribution in [0.3, 0.4) is 0 Å². The summed E-state index contributed by atoms with van der Waals surface area (Å²) < 4.78 is 2.31. The monoisotopic (exact) mass is 369 g/mol. The molecule has 0 atom stereocenters. The highest BCUT2D eigenvalue weighted by Gasteiger charge is 2.10. The van der Waals surface area contributed by atoms with E-state index in [1.807, 2.05) is 30.3 Å². The summed E-state index contributed by atoms with van der Waals surface area (Å²) in [5.41, 5.74) is 0.400. The van der Waals surface area contributed by atoms with E-state index in [9.17, 15) is 14.4 Å². The fourth-order valence-electron chi connectivity index (χ4n) is 2.48. The largest absolute Gasteiger partial charge is 0.331 e. The highest BCUT2D eigenvalue weighted by molar-refractivity contribution is 6.30. The maximum absolute atomic E-state index is 12.6. The minimum atomic E-state index is -0.535. The van der Waals surface area contributed by atoms with E-state index in [1.54, 1.807) is 24.3 Å². The summed E-state index contributed by atoms with van der Waals surface area (Å²) in [5, 5.41) is 3.18. The molecular formula is C19H16ClN3O3. The first-order chi connectivity index (χ1) is 12.5. The molecule has 1 amide bonds. The van der Waals surface area contributed by atoms with Crippen molar-refractivity contribution in [1.29, 1.82) is 0 Å². The van der Waals surface area contributed by atoms with Crippen LogP contribution in [0.2, 0.25) is 5.02 Å². The summed E-state index contributed by atoms with van der Waals surface area (Å²) >= 11 is 5.80.